The topological polar surface area (TPSA) is 275 Å². The van der Waals surface area contributed by atoms with Gasteiger partial charge in [-0.2, -0.15) is 0 Å². The Balaban J connectivity index is 0.000000210. The van der Waals surface area contributed by atoms with Gasteiger partial charge in [0.1, 0.15) is 0 Å². The Kier molecular flexibility index (Phi) is 19.3. The van der Waals surface area contributed by atoms with Gasteiger partial charge in [0.25, 0.3) is 0 Å². The van der Waals surface area contributed by atoms with Crippen molar-refractivity contribution in [3.63, 3.8) is 0 Å². The van der Waals surface area contributed by atoms with Crippen molar-refractivity contribution in [2.75, 3.05) is 0 Å². The zero-order chi connectivity index (χ0) is 57.8. The molecule has 0 atom stereocenters. The fraction of sp³-hybridized carbons (Fsp3) is 0.267. The van der Waals surface area contributed by atoms with Crippen molar-refractivity contribution in [2.45, 2.75) is 107 Å². The number of carbonyl (C=O) groups is 4. The smallest absolute Gasteiger partial charge is 0.550 e. The number of aromatic nitrogens is 8. The minimum atomic E-state index is -1.13. The van der Waals surface area contributed by atoms with Crippen LogP contribution in [-0.2, 0) is 32.0 Å². The summed E-state index contributed by atoms with van der Waals surface area (Å²) in [5.74, 6) is -4.50. The van der Waals surface area contributed by atoms with Crippen molar-refractivity contribution in [3.05, 3.63) is 130 Å². The summed E-state index contributed by atoms with van der Waals surface area (Å²) in [5, 5.41) is 45.5. The Bertz CT molecular complexity index is 3930. The van der Waals surface area contributed by atoms with E-state index in [0.717, 1.165) is 159 Å². The number of carboxylic acids is 4. The molecule has 4 N–H and O–H groups in total. The summed E-state index contributed by atoms with van der Waals surface area (Å²) in [7, 11) is 0. The Morgan fingerprint density at radius 1 is 0.407 bits per heavy atom. The maximum absolute atomic E-state index is 11.4. The van der Waals surface area contributed by atoms with Gasteiger partial charge in [-0.15, -0.1) is 0 Å². The maximum atomic E-state index is 11.4. The number of nitrogens with zero attached hydrogens (tertiary/aromatic N) is 4. The first-order valence-electron chi connectivity index (χ1n) is 25.6. The van der Waals surface area contributed by atoms with Gasteiger partial charge < -0.3 is 59.5 Å². The molecule has 16 nitrogen and oxygen atoms in total. The predicted octanol–water partition coefficient (Wildman–Crippen LogP) is 9.31. The van der Waals surface area contributed by atoms with Crippen LogP contribution in [0, 0.1) is 42.0 Å². The summed E-state index contributed by atoms with van der Waals surface area (Å²) in [6, 6.07) is 12.1. The minimum Gasteiger partial charge on any atom is -0.550 e. The summed E-state index contributed by atoms with van der Waals surface area (Å²) in [6.45, 7) is 16.0. The number of carboxylic acid groups (broad SMARTS) is 4. The van der Waals surface area contributed by atoms with Gasteiger partial charge in [-0.25, -0.2) is 19.9 Å². The molecule has 0 aliphatic carbocycles. The summed E-state index contributed by atoms with van der Waals surface area (Å²) in [5.41, 5.74) is 24.3. The van der Waals surface area contributed by atoms with Crippen molar-refractivity contribution in [1.82, 2.24) is 39.9 Å². The SMILES string of the molecule is CC1=Cc2nc1c(I)c1cc(C)c(cc3[nH]c(cc4nc(c2I)C(C)=C4CCC(=O)[O-])c(CCC(=O)[O-])c3C)[nH]1.CC1=Cc2nc1c(I)c1cc(C)c(cc3[nH]c(cc4nc(c2I)C(C)=C4CCC(=O)[O-])c(CCC(=O)[O-])c3C)[nH]1.[Sn+4]. The number of aliphatic carboxylic acids is 4. The molecule has 0 spiro atoms. The first-order valence-corrected chi connectivity index (χ1v) is 29.9. The van der Waals surface area contributed by atoms with E-state index < -0.39 is 23.9 Å². The number of carbonyl (C=O) groups excluding carboxylic acids is 4. The van der Waals surface area contributed by atoms with Crippen LogP contribution in [0.5, 0.6) is 0 Å². The first-order chi connectivity index (χ1) is 37.9. The van der Waals surface area contributed by atoms with Crippen LogP contribution in [0.15, 0.2) is 36.4 Å². The molecule has 6 aromatic heterocycles. The summed E-state index contributed by atoms with van der Waals surface area (Å²) < 4.78 is 3.73. The number of rotatable bonds is 12. The van der Waals surface area contributed by atoms with Crippen molar-refractivity contribution in [1.29, 1.82) is 0 Å². The third-order valence-electron chi connectivity index (χ3n) is 14.8. The molecule has 0 unspecified atom stereocenters. The average molecular weight is 1640 g/mol. The van der Waals surface area contributed by atoms with Crippen molar-refractivity contribution >= 4 is 228 Å². The number of aromatic amines is 4. The number of halogens is 4. The zero-order valence-corrected chi connectivity index (χ0v) is 56.8. The van der Waals surface area contributed by atoms with Crippen LogP contribution in [-0.4, -0.2) is 87.7 Å². The molecular formula is C60H52I4N8O8Sn. The van der Waals surface area contributed by atoms with E-state index in [4.69, 9.17) is 19.9 Å². The quantitative estimate of drug-likeness (QED) is 0.0659. The first kappa shape index (κ1) is 61.9. The molecule has 21 heteroatoms. The molecule has 10 heterocycles. The van der Waals surface area contributed by atoms with Crippen LogP contribution in [0.1, 0.15) is 145 Å². The zero-order valence-electron chi connectivity index (χ0n) is 45.3. The summed E-state index contributed by atoms with van der Waals surface area (Å²) in [4.78, 5) is 79.5. The molecule has 0 aromatic carbocycles. The van der Waals surface area contributed by atoms with E-state index in [9.17, 15) is 39.6 Å². The van der Waals surface area contributed by atoms with E-state index in [2.05, 4.69) is 122 Å². The van der Waals surface area contributed by atoms with Crippen LogP contribution < -0.4 is 20.4 Å². The Morgan fingerprint density at radius 3 is 1.09 bits per heavy atom. The largest absolute Gasteiger partial charge is 4.00 e. The number of fused-ring (bicyclic) bond motifs is 16. The van der Waals surface area contributed by atoms with E-state index in [1.807, 2.05) is 91.8 Å². The third kappa shape index (κ3) is 13.0. The molecule has 4 aliphatic rings. The van der Waals surface area contributed by atoms with Gasteiger partial charge in [0.2, 0.25) is 0 Å². The minimum absolute atomic E-state index is 0. The van der Waals surface area contributed by atoms with Gasteiger partial charge in [-0.05, 0) is 312 Å². The molecular weight excluding hydrogens is 1590 g/mol. The van der Waals surface area contributed by atoms with Gasteiger partial charge in [0, 0.05) is 57.0 Å². The molecule has 4 aliphatic heterocycles. The predicted molar refractivity (Wildman–Crippen MR) is 345 cm³/mol. The van der Waals surface area contributed by atoms with Crippen molar-refractivity contribution < 1.29 is 39.6 Å². The number of H-pyrrole nitrogens is 4. The Labute approximate surface area is 537 Å². The number of aryl methyl sites for hydroxylation is 6. The molecule has 0 saturated heterocycles. The summed E-state index contributed by atoms with van der Waals surface area (Å²) in [6.07, 6.45) is 4.68. The van der Waals surface area contributed by atoms with Gasteiger partial charge in [0.15, 0.2) is 0 Å². The average Bonchev–Trinajstić information content (AvgIpc) is 4.29. The second-order valence-corrected chi connectivity index (χ2v) is 24.6. The second kappa shape index (κ2) is 25.3. The van der Waals surface area contributed by atoms with E-state index in [1.165, 1.54) is 0 Å². The molecule has 0 fully saturated rings. The van der Waals surface area contributed by atoms with Crippen LogP contribution in [0.4, 0.5) is 0 Å². The van der Waals surface area contributed by atoms with Gasteiger partial charge in [0.05, 0.1) is 70.9 Å². The van der Waals surface area contributed by atoms with Crippen molar-refractivity contribution in [3.8, 4) is 0 Å². The summed E-state index contributed by atoms with van der Waals surface area (Å²) >= 11 is 9.18. The Morgan fingerprint density at radius 2 is 0.741 bits per heavy atom. The fourth-order valence-corrected chi connectivity index (χ4v) is 13.7. The molecule has 0 amide bonds. The van der Waals surface area contributed by atoms with E-state index >= 15 is 0 Å². The molecule has 6 aromatic rings. The van der Waals surface area contributed by atoms with Crippen LogP contribution >= 0.6 is 90.4 Å². The van der Waals surface area contributed by atoms with Gasteiger partial charge in [-0.1, -0.05) is 0 Å². The molecule has 16 bridgehead atoms. The standard InChI is InChI=1S/2C30H28I2N4O4.Sn/c2*1-13-9-23-27(31)29-14(2)10-24(36-29)28(32)30-16(4)18(6-8-26(39)40)22(35-30)12-21-17(5-7-25(37)38)15(3)20(34-21)11-19(13)33-23;/h2*9-12,33-34H,5-8H2,1-4H3,(H,37,38)(H,39,40);/q;;+4/p-4. The molecule has 10 rings (SSSR count). The second-order valence-electron chi connectivity index (χ2n) is 20.2. The number of hydrogen-bond donors (Lipinski definition) is 4. The Hall–Kier alpha value is -5.20. The normalized spacial score (nSPS) is 12.9. The van der Waals surface area contributed by atoms with E-state index in [0.29, 0.717) is 11.4 Å². The number of hydrogen-bond acceptors (Lipinski definition) is 12. The van der Waals surface area contributed by atoms with Gasteiger partial charge in [-0.3, -0.25) is 0 Å². The fourth-order valence-electron chi connectivity index (χ4n) is 10.4. The van der Waals surface area contributed by atoms with Gasteiger partial charge >= 0.3 is 23.9 Å². The molecule has 412 valence electrons. The van der Waals surface area contributed by atoms with Crippen LogP contribution in [0.2, 0.25) is 0 Å². The van der Waals surface area contributed by atoms with Crippen molar-refractivity contribution in [2.24, 2.45) is 0 Å². The third-order valence-corrected chi connectivity index (χ3v) is 19.2. The van der Waals surface area contributed by atoms with Crippen LogP contribution in [0.3, 0.4) is 0 Å². The number of nitrogens with one attached hydrogen (secondary N) is 4. The molecule has 0 radical (unpaired) electrons. The molecule has 0 saturated carbocycles. The van der Waals surface area contributed by atoms with Crippen LogP contribution in [0.25, 0.3) is 89.7 Å². The maximum Gasteiger partial charge on any atom is 4.00 e. The molecule has 81 heavy (non-hydrogen) atoms. The van der Waals surface area contributed by atoms with E-state index in [1.54, 1.807) is 0 Å². The monoisotopic (exact) mass is 1640 g/mol. The number of allylic oxidation sites excluding steroid dienone is 6. The van der Waals surface area contributed by atoms with E-state index in [-0.39, 0.29) is 75.3 Å².